The van der Waals surface area contributed by atoms with Gasteiger partial charge in [0.25, 0.3) is 0 Å². The first-order valence-electron chi connectivity index (χ1n) is 6.18. The lowest BCUT2D eigenvalue weighted by Gasteiger charge is -2.17. The van der Waals surface area contributed by atoms with Crippen molar-refractivity contribution < 1.29 is 14.6 Å². The summed E-state index contributed by atoms with van der Waals surface area (Å²) in [6.45, 7) is 6.16. The largest absolute Gasteiger partial charge is 0.393 e. The third-order valence-electron chi connectivity index (χ3n) is 3.13. The molecular weight excluding hydrogens is 206 g/mol. The summed E-state index contributed by atoms with van der Waals surface area (Å²) in [4.78, 5) is 13.5. The summed E-state index contributed by atoms with van der Waals surface area (Å²) < 4.78 is 5.29. The van der Waals surface area contributed by atoms with Crippen molar-refractivity contribution in [1.82, 2.24) is 4.90 Å². The summed E-state index contributed by atoms with van der Waals surface area (Å²) in [5.74, 6) is 0.291. The number of aliphatic hydroxyl groups excluding tert-OH is 1. The molecule has 2 unspecified atom stereocenters. The number of likely N-dealkylation sites (tertiary alicyclic amines) is 1. The Kier molecular flexibility index (Phi) is 5.77. The minimum atomic E-state index is -0.321. The number of carbonyl (C=O) groups is 1. The quantitative estimate of drug-likeness (QED) is 0.692. The highest BCUT2D eigenvalue weighted by Gasteiger charge is 2.28. The number of ether oxygens (including phenoxy) is 1. The van der Waals surface area contributed by atoms with Crippen LogP contribution in [-0.4, -0.2) is 48.3 Å². The van der Waals surface area contributed by atoms with E-state index < -0.39 is 0 Å². The Balaban J connectivity index is 2.18. The normalized spacial score (nSPS) is 22.4. The number of hydrogen-bond donors (Lipinski definition) is 1. The van der Waals surface area contributed by atoms with Gasteiger partial charge in [0.2, 0.25) is 5.91 Å². The SMILES string of the molecule is CCCCOCC(=O)N1CCC(C(C)O)C1. The minimum absolute atomic E-state index is 0.0549. The molecule has 0 aliphatic carbocycles. The van der Waals surface area contributed by atoms with E-state index in [1.165, 1.54) is 0 Å². The minimum Gasteiger partial charge on any atom is -0.393 e. The van der Waals surface area contributed by atoms with Crippen LogP contribution < -0.4 is 0 Å². The van der Waals surface area contributed by atoms with Crippen LogP contribution in [0.1, 0.15) is 33.1 Å². The van der Waals surface area contributed by atoms with E-state index in [0.29, 0.717) is 13.2 Å². The second kappa shape index (κ2) is 6.86. The maximum atomic E-state index is 11.7. The molecule has 4 heteroatoms. The topological polar surface area (TPSA) is 49.8 Å². The van der Waals surface area contributed by atoms with Crippen molar-refractivity contribution in [1.29, 1.82) is 0 Å². The van der Waals surface area contributed by atoms with Gasteiger partial charge >= 0.3 is 0 Å². The maximum Gasteiger partial charge on any atom is 0.248 e. The molecule has 0 aromatic heterocycles. The molecular formula is C12H23NO3. The molecule has 0 aromatic carbocycles. The number of unbranched alkanes of at least 4 members (excludes halogenated alkanes) is 1. The molecule has 1 aliphatic heterocycles. The van der Waals surface area contributed by atoms with Crippen molar-refractivity contribution >= 4 is 5.91 Å². The van der Waals surface area contributed by atoms with E-state index in [1.54, 1.807) is 11.8 Å². The highest BCUT2D eigenvalue weighted by Crippen LogP contribution is 2.19. The van der Waals surface area contributed by atoms with Gasteiger partial charge in [0.05, 0.1) is 6.10 Å². The third kappa shape index (κ3) is 4.10. The van der Waals surface area contributed by atoms with Crippen LogP contribution in [0.3, 0.4) is 0 Å². The predicted molar refractivity (Wildman–Crippen MR) is 62.1 cm³/mol. The van der Waals surface area contributed by atoms with Gasteiger partial charge in [0.15, 0.2) is 0 Å². The molecule has 1 aliphatic rings. The van der Waals surface area contributed by atoms with Crippen molar-refractivity contribution in [3.8, 4) is 0 Å². The fourth-order valence-corrected chi connectivity index (χ4v) is 1.90. The fraction of sp³-hybridized carbons (Fsp3) is 0.917. The number of amides is 1. The molecule has 0 spiro atoms. The van der Waals surface area contributed by atoms with Gasteiger partial charge in [-0.05, 0) is 19.8 Å². The molecule has 4 nitrogen and oxygen atoms in total. The van der Waals surface area contributed by atoms with E-state index in [-0.39, 0.29) is 24.5 Å². The van der Waals surface area contributed by atoms with Crippen molar-refractivity contribution in [2.75, 3.05) is 26.3 Å². The molecule has 0 radical (unpaired) electrons. The number of carbonyl (C=O) groups excluding carboxylic acids is 1. The summed E-state index contributed by atoms with van der Waals surface area (Å²) >= 11 is 0. The van der Waals surface area contributed by atoms with Gasteiger partial charge in [0.1, 0.15) is 6.61 Å². The van der Waals surface area contributed by atoms with Gasteiger partial charge in [-0.2, -0.15) is 0 Å². The van der Waals surface area contributed by atoms with E-state index in [1.807, 2.05) is 0 Å². The standard InChI is InChI=1S/C12H23NO3/c1-3-4-7-16-9-12(15)13-6-5-11(8-13)10(2)14/h10-11,14H,3-9H2,1-2H3. The Labute approximate surface area is 97.6 Å². The second-order valence-electron chi connectivity index (χ2n) is 4.54. The van der Waals surface area contributed by atoms with E-state index in [9.17, 15) is 9.90 Å². The average molecular weight is 229 g/mol. The summed E-state index contributed by atoms with van der Waals surface area (Å²) in [6, 6.07) is 0. The first-order chi connectivity index (χ1) is 7.65. The van der Waals surface area contributed by atoms with Crippen LogP contribution in [0.5, 0.6) is 0 Å². The van der Waals surface area contributed by atoms with Crippen molar-refractivity contribution in [3.05, 3.63) is 0 Å². The van der Waals surface area contributed by atoms with E-state index in [2.05, 4.69) is 6.92 Å². The van der Waals surface area contributed by atoms with Gasteiger partial charge in [-0.1, -0.05) is 13.3 Å². The molecule has 1 fully saturated rings. The monoisotopic (exact) mass is 229 g/mol. The molecule has 1 N–H and O–H groups in total. The molecule has 94 valence electrons. The molecule has 16 heavy (non-hydrogen) atoms. The predicted octanol–water partition coefficient (Wildman–Crippen LogP) is 1.03. The van der Waals surface area contributed by atoms with E-state index in [0.717, 1.165) is 25.8 Å². The van der Waals surface area contributed by atoms with Crippen molar-refractivity contribution in [3.63, 3.8) is 0 Å². The van der Waals surface area contributed by atoms with Crippen LogP contribution in [0.25, 0.3) is 0 Å². The molecule has 0 aromatic rings. The molecule has 0 bridgehead atoms. The zero-order chi connectivity index (χ0) is 12.0. The molecule has 1 rings (SSSR count). The first kappa shape index (κ1) is 13.5. The summed E-state index contributed by atoms with van der Waals surface area (Å²) in [5.41, 5.74) is 0. The van der Waals surface area contributed by atoms with Crippen molar-refractivity contribution in [2.24, 2.45) is 5.92 Å². The highest BCUT2D eigenvalue weighted by molar-refractivity contribution is 5.77. The van der Waals surface area contributed by atoms with Gasteiger partial charge in [0, 0.05) is 25.6 Å². The lowest BCUT2D eigenvalue weighted by atomic mass is 10.0. The zero-order valence-electron chi connectivity index (χ0n) is 10.3. The highest BCUT2D eigenvalue weighted by atomic mass is 16.5. The first-order valence-corrected chi connectivity index (χ1v) is 6.18. The Morgan fingerprint density at radius 3 is 2.94 bits per heavy atom. The molecule has 1 heterocycles. The van der Waals surface area contributed by atoms with Crippen LogP contribution >= 0.6 is 0 Å². The lowest BCUT2D eigenvalue weighted by molar-refractivity contribution is -0.135. The van der Waals surface area contributed by atoms with Gasteiger partial charge in [-0.15, -0.1) is 0 Å². The number of nitrogens with zero attached hydrogens (tertiary/aromatic N) is 1. The fourth-order valence-electron chi connectivity index (χ4n) is 1.90. The number of rotatable bonds is 6. The third-order valence-corrected chi connectivity index (χ3v) is 3.13. The summed E-state index contributed by atoms with van der Waals surface area (Å²) in [5, 5.41) is 9.43. The van der Waals surface area contributed by atoms with Gasteiger partial charge in [-0.25, -0.2) is 0 Å². The molecule has 2 atom stereocenters. The summed E-state index contributed by atoms with van der Waals surface area (Å²) in [7, 11) is 0. The van der Waals surface area contributed by atoms with Crippen LogP contribution in [0.15, 0.2) is 0 Å². The smallest absolute Gasteiger partial charge is 0.248 e. The maximum absolute atomic E-state index is 11.7. The Morgan fingerprint density at radius 2 is 2.38 bits per heavy atom. The second-order valence-corrected chi connectivity index (χ2v) is 4.54. The lowest BCUT2D eigenvalue weighted by Crippen LogP contribution is -2.33. The number of aliphatic hydroxyl groups is 1. The number of hydrogen-bond acceptors (Lipinski definition) is 3. The van der Waals surface area contributed by atoms with Crippen molar-refractivity contribution in [2.45, 2.75) is 39.2 Å². The molecule has 0 saturated carbocycles. The summed E-state index contributed by atoms with van der Waals surface area (Å²) in [6.07, 6.45) is 2.67. The Bertz CT molecular complexity index is 218. The van der Waals surface area contributed by atoms with Gasteiger partial charge in [-0.3, -0.25) is 4.79 Å². The van der Waals surface area contributed by atoms with Gasteiger partial charge < -0.3 is 14.7 Å². The van der Waals surface area contributed by atoms with Crippen LogP contribution in [0.4, 0.5) is 0 Å². The zero-order valence-corrected chi connectivity index (χ0v) is 10.3. The Hall–Kier alpha value is -0.610. The molecule has 1 amide bonds. The van der Waals surface area contributed by atoms with E-state index >= 15 is 0 Å². The average Bonchev–Trinajstić information content (AvgIpc) is 2.73. The van der Waals surface area contributed by atoms with Crippen LogP contribution in [0, 0.1) is 5.92 Å². The van der Waals surface area contributed by atoms with Crippen LogP contribution in [-0.2, 0) is 9.53 Å². The molecule has 1 saturated heterocycles. The van der Waals surface area contributed by atoms with E-state index in [4.69, 9.17) is 4.74 Å². The van der Waals surface area contributed by atoms with Crippen LogP contribution in [0.2, 0.25) is 0 Å². The Morgan fingerprint density at radius 1 is 1.62 bits per heavy atom.